The minimum atomic E-state index is -0.162. The standard InChI is InChI=1S/C16H17BrFN/c1-2-19-16(10-12-6-4-3-5-7-12)14-11-13(17)8-9-15(14)18/h3-9,11,16,19H,2,10H2,1H3. The summed E-state index contributed by atoms with van der Waals surface area (Å²) in [6.07, 6.45) is 0.780. The summed E-state index contributed by atoms with van der Waals surface area (Å²) in [6.45, 7) is 2.84. The van der Waals surface area contributed by atoms with Gasteiger partial charge in [0.15, 0.2) is 0 Å². The second kappa shape index (κ2) is 6.83. The van der Waals surface area contributed by atoms with E-state index in [4.69, 9.17) is 0 Å². The molecule has 0 spiro atoms. The molecule has 1 unspecified atom stereocenters. The van der Waals surface area contributed by atoms with E-state index >= 15 is 0 Å². The van der Waals surface area contributed by atoms with Crippen LogP contribution in [0.25, 0.3) is 0 Å². The van der Waals surface area contributed by atoms with E-state index in [2.05, 4.69) is 33.4 Å². The Balaban J connectivity index is 2.27. The summed E-state index contributed by atoms with van der Waals surface area (Å²) < 4.78 is 14.9. The first-order chi connectivity index (χ1) is 9.20. The summed E-state index contributed by atoms with van der Waals surface area (Å²) in [7, 11) is 0. The van der Waals surface area contributed by atoms with Crippen LogP contribution in [0.5, 0.6) is 0 Å². The summed E-state index contributed by atoms with van der Waals surface area (Å²) in [5, 5.41) is 3.35. The van der Waals surface area contributed by atoms with Crippen LogP contribution in [-0.2, 0) is 6.42 Å². The fourth-order valence-electron chi connectivity index (χ4n) is 2.17. The minimum Gasteiger partial charge on any atom is -0.310 e. The lowest BCUT2D eigenvalue weighted by Crippen LogP contribution is -2.24. The third-order valence-corrected chi connectivity index (χ3v) is 3.56. The first kappa shape index (κ1) is 14.2. The highest BCUT2D eigenvalue weighted by molar-refractivity contribution is 9.10. The first-order valence-electron chi connectivity index (χ1n) is 6.43. The van der Waals surface area contributed by atoms with Gasteiger partial charge in [-0.3, -0.25) is 0 Å². The van der Waals surface area contributed by atoms with Crippen molar-refractivity contribution < 1.29 is 4.39 Å². The third kappa shape index (κ3) is 3.88. The summed E-state index contributed by atoms with van der Waals surface area (Å²) in [4.78, 5) is 0. The molecule has 0 aliphatic rings. The molecule has 1 nitrogen and oxygen atoms in total. The van der Waals surface area contributed by atoms with Crippen LogP contribution >= 0.6 is 15.9 Å². The van der Waals surface area contributed by atoms with Crippen LogP contribution in [0.15, 0.2) is 53.0 Å². The van der Waals surface area contributed by atoms with Gasteiger partial charge in [-0.05, 0) is 36.7 Å². The molecule has 0 aromatic heterocycles. The quantitative estimate of drug-likeness (QED) is 0.856. The van der Waals surface area contributed by atoms with Gasteiger partial charge in [-0.25, -0.2) is 4.39 Å². The van der Waals surface area contributed by atoms with Crippen LogP contribution in [-0.4, -0.2) is 6.54 Å². The fraction of sp³-hybridized carbons (Fsp3) is 0.250. The maximum Gasteiger partial charge on any atom is 0.128 e. The Morgan fingerprint density at radius 2 is 1.89 bits per heavy atom. The zero-order chi connectivity index (χ0) is 13.7. The maximum atomic E-state index is 14.0. The molecule has 100 valence electrons. The van der Waals surface area contributed by atoms with Gasteiger partial charge >= 0.3 is 0 Å². The zero-order valence-electron chi connectivity index (χ0n) is 10.9. The molecule has 0 amide bonds. The van der Waals surface area contributed by atoms with Crippen molar-refractivity contribution in [2.24, 2.45) is 0 Å². The van der Waals surface area contributed by atoms with Crippen LogP contribution in [0.3, 0.4) is 0 Å². The van der Waals surface area contributed by atoms with Crippen molar-refractivity contribution in [2.45, 2.75) is 19.4 Å². The van der Waals surface area contributed by atoms with Gasteiger partial charge in [0.2, 0.25) is 0 Å². The highest BCUT2D eigenvalue weighted by Crippen LogP contribution is 2.24. The first-order valence-corrected chi connectivity index (χ1v) is 7.22. The van der Waals surface area contributed by atoms with Gasteiger partial charge in [-0.2, -0.15) is 0 Å². The molecule has 0 radical (unpaired) electrons. The van der Waals surface area contributed by atoms with Crippen LogP contribution in [0, 0.1) is 5.82 Å². The Hall–Kier alpha value is -1.19. The molecule has 0 aliphatic heterocycles. The molecular weight excluding hydrogens is 305 g/mol. The lowest BCUT2D eigenvalue weighted by Gasteiger charge is -2.19. The second-order valence-corrected chi connectivity index (χ2v) is 5.38. The topological polar surface area (TPSA) is 12.0 Å². The number of benzene rings is 2. The highest BCUT2D eigenvalue weighted by atomic mass is 79.9. The predicted octanol–water partition coefficient (Wildman–Crippen LogP) is 4.48. The van der Waals surface area contributed by atoms with Gasteiger partial charge in [-0.15, -0.1) is 0 Å². The van der Waals surface area contributed by atoms with Gasteiger partial charge in [0.1, 0.15) is 5.82 Å². The van der Waals surface area contributed by atoms with E-state index in [1.165, 1.54) is 11.6 Å². The second-order valence-electron chi connectivity index (χ2n) is 4.47. The number of rotatable bonds is 5. The van der Waals surface area contributed by atoms with E-state index in [0.29, 0.717) is 5.56 Å². The van der Waals surface area contributed by atoms with Crippen molar-refractivity contribution in [3.63, 3.8) is 0 Å². The molecule has 0 aliphatic carbocycles. The molecule has 0 saturated heterocycles. The van der Waals surface area contributed by atoms with Gasteiger partial charge in [-0.1, -0.05) is 53.2 Å². The summed E-state index contributed by atoms with van der Waals surface area (Å²) in [6, 6.07) is 15.2. The van der Waals surface area contributed by atoms with Crippen LogP contribution in [0.1, 0.15) is 24.1 Å². The van der Waals surface area contributed by atoms with Crippen molar-refractivity contribution in [3.05, 3.63) is 69.9 Å². The minimum absolute atomic E-state index is 0.00935. The lowest BCUT2D eigenvalue weighted by molar-refractivity contribution is 0.509. The van der Waals surface area contributed by atoms with Crippen molar-refractivity contribution in [2.75, 3.05) is 6.54 Å². The van der Waals surface area contributed by atoms with E-state index in [-0.39, 0.29) is 11.9 Å². The average Bonchev–Trinajstić information content (AvgIpc) is 2.42. The molecule has 19 heavy (non-hydrogen) atoms. The highest BCUT2D eigenvalue weighted by Gasteiger charge is 2.15. The molecule has 2 aromatic rings. The molecular formula is C16H17BrFN. The number of hydrogen-bond acceptors (Lipinski definition) is 1. The molecule has 2 aromatic carbocycles. The molecule has 1 atom stereocenters. The van der Waals surface area contributed by atoms with Crippen LogP contribution < -0.4 is 5.32 Å². The molecule has 0 saturated carbocycles. The van der Waals surface area contributed by atoms with Gasteiger partial charge in [0, 0.05) is 16.1 Å². The molecule has 1 N–H and O–H groups in total. The summed E-state index contributed by atoms with van der Waals surface area (Å²) in [5.41, 5.74) is 1.91. The molecule has 3 heteroatoms. The predicted molar refractivity (Wildman–Crippen MR) is 80.7 cm³/mol. The summed E-state index contributed by atoms with van der Waals surface area (Å²) in [5.74, 6) is -0.162. The zero-order valence-corrected chi connectivity index (χ0v) is 12.5. The number of likely N-dealkylation sites (N-methyl/N-ethyl adjacent to an activating group) is 1. The lowest BCUT2D eigenvalue weighted by atomic mass is 9.98. The molecule has 0 fully saturated rings. The van der Waals surface area contributed by atoms with E-state index in [9.17, 15) is 4.39 Å². The van der Waals surface area contributed by atoms with Crippen molar-refractivity contribution in [3.8, 4) is 0 Å². The molecule has 2 rings (SSSR count). The number of hydrogen-bond donors (Lipinski definition) is 1. The van der Waals surface area contributed by atoms with E-state index in [1.807, 2.05) is 31.2 Å². The maximum absolute atomic E-state index is 14.0. The Morgan fingerprint density at radius 3 is 2.58 bits per heavy atom. The average molecular weight is 322 g/mol. The van der Waals surface area contributed by atoms with E-state index < -0.39 is 0 Å². The SMILES string of the molecule is CCNC(Cc1ccccc1)c1cc(Br)ccc1F. The van der Waals surface area contributed by atoms with Crippen molar-refractivity contribution in [1.29, 1.82) is 0 Å². The number of nitrogens with one attached hydrogen (secondary N) is 1. The monoisotopic (exact) mass is 321 g/mol. The fourth-order valence-corrected chi connectivity index (χ4v) is 2.55. The number of halogens is 2. The largest absolute Gasteiger partial charge is 0.310 e. The Kier molecular flexibility index (Phi) is 5.11. The van der Waals surface area contributed by atoms with E-state index in [1.54, 1.807) is 6.07 Å². The van der Waals surface area contributed by atoms with Gasteiger partial charge in [0.25, 0.3) is 0 Å². The Morgan fingerprint density at radius 1 is 1.16 bits per heavy atom. The molecule has 0 heterocycles. The van der Waals surface area contributed by atoms with Gasteiger partial charge < -0.3 is 5.32 Å². The Bertz CT molecular complexity index is 528. The van der Waals surface area contributed by atoms with Crippen LogP contribution in [0.2, 0.25) is 0 Å². The Labute approximate surface area is 122 Å². The molecule has 0 bridgehead atoms. The van der Waals surface area contributed by atoms with E-state index in [0.717, 1.165) is 17.4 Å². The van der Waals surface area contributed by atoms with Crippen molar-refractivity contribution >= 4 is 15.9 Å². The van der Waals surface area contributed by atoms with Crippen LogP contribution in [0.4, 0.5) is 4.39 Å². The summed E-state index contributed by atoms with van der Waals surface area (Å²) >= 11 is 3.41. The van der Waals surface area contributed by atoms with Crippen molar-refractivity contribution in [1.82, 2.24) is 5.32 Å². The third-order valence-electron chi connectivity index (χ3n) is 3.07. The normalized spacial score (nSPS) is 12.4. The smallest absolute Gasteiger partial charge is 0.128 e. The van der Waals surface area contributed by atoms with Gasteiger partial charge in [0.05, 0.1) is 0 Å².